The molecule has 0 radical (unpaired) electrons. The predicted molar refractivity (Wildman–Crippen MR) is 96.3 cm³/mol. The van der Waals surface area contributed by atoms with Crippen molar-refractivity contribution >= 4 is 39.8 Å². The van der Waals surface area contributed by atoms with Crippen LogP contribution in [0.3, 0.4) is 0 Å². The first kappa shape index (κ1) is 18.5. The molecule has 8 heteroatoms. The summed E-state index contributed by atoms with van der Waals surface area (Å²) in [5, 5.41) is 20.6. The summed E-state index contributed by atoms with van der Waals surface area (Å²) in [6.45, 7) is 3.92. The zero-order chi connectivity index (χ0) is 18.4. The number of anilines is 1. The minimum Gasteiger partial charge on any atom is -0.490 e. The normalized spacial score (nSPS) is 9.92. The Morgan fingerprint density at radius 1 is 1.40 bits per heavy atom. The summed E-state index contributed by atoms with van der Waals surface area (Å²) in [6, 6.07) is 8.44. The monoisotopic (exact) mass is 376 g/mol. The number of ether oxygens (including phenoxy) is 1. The van der Waals surface area contributed by atoms with Crippen molar-refractivity contribution < 1.29 is 19.4 Å². The fourth-order valence-corrected chi connectivity index (χ4v) is 3.46. The first-order valence-corrected chi connectivity index (χ1v) is 8.23. The molecule has 0 aliphatic heterocycles. The summed E-state index contributed by atoms with van der Waals surface area (Å²) >= 11 is 7.14. The third-order valence-electron chi connectivity index (χ3n) is 3.08. The van der Waals surface area contributed by atoms with E-state index in [0.29, 0.717) is 23.5 Å². The third-order valence-corrected chi connectivity index (χ3v) is 4.40. The van der Waals surface area contributed by atoms with Crippen molar-refractivity contribution in [3.05, 3.63) is 46.8 Å². The van der Waals surface area contributed by atoms with Crippen LogP contribution in [0.2, 0.25) is 4.34 Å². The molecule has 0 saturated carbocycles. The van der Waals surface area contributed by atoms with Gasteiger partial charge in [-0.1, -0.05) is 36.4 Å². The number of hydrogen-bond acceptors (Lipinski definition) is 5. The van der Waals surface area contributed by atoms with Crippen molar-refractivity contribution in [2.24, 2.45) is 0 Å². The molecule has 0 bridgehead atoms. The summed E-state index contributed by atoms with van der Waals surface area (Å²) in [5.74, 6) is -1.21. The second kappa shape index (κ2) is 8.33. The maximum Gasteiger partial charge on any atom is 0.339 e. The van der Waals surface area contributed by atoms with Gasteiger partial charge in [0.1, 0.15) is 33.7 Å². The van der Waals surface area contributed by atoms with Gasteiger partial charge >= 0.3 is 5.97 Å². The molecule has 1 heterocycles. The van der Waals surface area contributed by atoms with Crippen molar-refractivity contribution in [1.29, 1.82) is 5.26 Å². The van der Waals surface area contributed by atoms with E-state index in [9.17, 15) is 14.7 Å². The summed E-state index contributed by atoms with van der Waals surface area (Å²) in [7, 11) is 0. The molecule has 6 nitrogen and oxygen atoms in total. The largest absolute Gasteiger partial charge is 0.490 e. The Morgan fingerprint density at radius 2 is 2.08 bits per heavy atom. The standard InChI is InChI=1S/C17H13ClN2O4S/c1-2-9-24-11-5-3-10(4-6-11)13-14(17(22)23)16(25-15(13)18)20-12(21)7-8-19/h2-6H,1,7,9H2,(H,20,21)(H,22,23). The van der Waals surface area contributed by atoms with Gasteiger partial charge in [-0.05, 0) is 17.7 Å². The van der Waals surface area contributed by atoms with Gasteiger partial charge in [-0.3, -0.25) is 4.79 Å². The van der Waals surface area contributed by atoms with Crippen molar-refractivity contribution in [1.82, 2.24) is 0 Å². The summed E-state index contributed by atoms with van der Waals surface area (Å²) < 4.78 is 5.61. The van der Waals surface area contributed by atoms with Gasteiger partial charge in [0.15, 0.2) is 0 Å². The number of rotatable bonds is 7. The number of amides is 1. The first-order chi connectivity index (χ1) is 12.0. The van der Waals surface area contributed by atoms with E-state index in [1.54, 1.807) is 36.4 Å². The number of nitrogens with one attached hydrogen (secondary N) is 1. The second-order valence-electron chi connectivity index (χ2n) is 4.77. The Kier molecular flexibility index (Phi) is 6.17. The molecule has 0 spiro atoms. The molecular formula is C17H13ClN2O4S. The Balaban J connectivity index is 2.42. The molecule has 2 rings (SSSR count). The number of carboxylic acids is 1. The number of carbonyl (C=O) groups is 2. The second-order valence-corrected chi connectivity index (χ2v) is 6.39. The van der Waals surface area contributed by atoms with Crippen molar-refractivity contribution in [3.63, 3.8) is 0 Å². The van der Waals surface area contributed by atoms with Gasteiger partial charge in [0, 0.05) is 5.56 Å². The first-order valence-electron chi connectivity index (χ1n) is 7.04. The highest BCUT2D eigenvalue weighted by Gasteiger charge is 2.25. The number of aromatic carboxylic acids is 1. The lowest BCUT2D eigenvalue weighted by Gasteiger charge is -2.07. The zero-order valence-corrected chi connectivity index (χ0v) is 14.5. The van der Waals surface area contributed by atoms with Crippen LogP contribution in [0.15, 0.2) is 36.9 Å². The number of carboxylic acid groups (broad SMARTS) is 1. The molecule has 128 valence electrons. The van der Waals surface area contributed by atoms with Crippen LogP contribution in [0.5, 0.6) is 5.75 Å². The van der Waals surface area contributed by atoms with E-state index < -0.39 is 11.9 Å². The highest BCUT2D eigenvalue weighted by molar-refractivity contribution is 7.21. The van der Waals surface area contributed by atoms with Crippen LogP contribution >= 0.6 is 22.9 Å². The summed E-state index contributed by atoms with van der Waals surface area (Å²) in [4.78, 5) is 23.3. The van der Waals surface area contributed by atoms with Crippen LogP contribution in [0, 0.1) is 11.3 Å². The van der Waals surface area contributed by atoms with Gasteiger partial charge in [0.2, 0.25) is 5.91 Å². The number of halogens is 1. The smallest absolute Gasteiger partial charge is 0.339 e. The Hall–Kier alpha value is -2.82. The maximum absolute atomic E-state index is 11.7. The minimum atomic E-state index is -1.22. The predicted octanol–water partition coefficient (Wildman–Crippen LogP) is 4.18. The number of hydrogen-bond donors (Lipinski definition) is 2. The van der Waals surface area contributed by atoms with Gasteiger partial charge in [-0.15, -0.1) is 11.3 Å². The van der Waals surface area contributed by atoms with Gasteiger partial charge in [0.05, 0.1) is 6.07 Å². The van der Waals surface area contributed by atoms with E-state index in [0.717, 1.165) is 11.3 Å². The van der Waals surface area contributed by atoms with Gasteiger partial charge < -0.3 is 15.2 Å². The fraction of sp³-hybridized carbons (Fsp3) is 0.118. The van der Waals surface area contributed by atoms with Crippen LogP contribution in [0.4, 0.5) is 5.00 Å². The lowest BCUT2D eigenvalue weighted by atomic mass is 10.0. The van der Waals surface area contributed by atoms with Crippen LogP contribution in [-0.4, -0.2) is 23.6 Å². The van der Waals surface area contributed by atoms with Gasteiger partial charge in [0.25, 0.3) is 0 Å². The van der Waals surface area contributed by atoms with E-state index >= 15 is 0 Å². The topological polar surface area (TPSA) is 99.4 Å². The number of nitrogens with zero attached hydrogens (tertiary/aromatic N) is 1. The zero-order valence-electron chi connectivity index (χ0n) is 12.9. The van der Waals surface area contributed by atoms with Crippen LogP contribution in [0.25, 0.3) is 11.1 Å². The molecule has 0 saturated heterocycles. The summed E-state index contributed by atoms with van der Waals surface area (Å²) in [6.07, 6.45) is 1.24. The molecule has 2 N–H and O–H groups in total. The average Bonchev–Trinajstić information content (AvgIpc) is 2.89. The van der Waals surface area contributed by atoms with E-state index in [1.807, 2.05) is 0 Å². The van der Waals surface area contributed by atoms with Crippen molar-refractivity contribution in [3.8, 4) is 22.9 Å². The number of carbonyl (C=O) groups excluding carboxylic acids is 1. The Morgan fingerprint density at radius 3 is 2.64 bits per heavy atom. The SMILES string of the molecule is C=CCOc1ccc(-c2c(Cl)sc(NC(=O)CC#N)c2C(=O)O)cc1. The number of benzene rings is 1. The number of thiophene rings is 1. The van der Waals surface area contributed by atoms with Crippen LogP contribution in [0.1, 0.15) is 16.8 Å². The maximum atomic E-state index is 11.7. The molecule has 0 unspecified atom stereocenters. The van der Waals surface area contributed by atoms with E-state index in [-0.39, 0.29) is 21.3 Å². The average molecular weight is 377 g/mol. The molecule has 1 aromatic carbocycles. The molecule has 0 aliphatic carbocycles. The van der Waals surface area contributed by atoms with E-state index in [2.05, 4.69) is 11.9 Å². The van der Waals surface area contributed by atoms with E-state index in [4.69, 9.17) is 21.6 Å². The van der Waals surface area contributed by atoms with E-state index in [1.165, 1.54) is 0 Å². The third kappa shape index (κ3) is 4.38. The molecule has 0 fully saturated rings. The molecule has 0 aliphatic rings. The van der Waals surface area contributed by atoms with Gasteiger partial charge in [-0.25, -0.2) is 4.79 Å². The molecule has 1 aromatic heterocycles. The molecule has 0 atom stereocenters. The summed E-state index contributed by atoms with van der Waals surface area (Å²) in [5.41, 5.74) is 0.771. The highest BCUT2D eigenvalue weighted by atomic mass is 35.5. The quantitative estimate of drug-likeness (QED) is 0.706. The molecular weight excluding hydrogens is 364 g/mol. The molecule has 2 aromatic rings. The van der Waals surface area contributed by atoms with Crippen molar-refractivity contribution in [2.45, 2.75) is 6.42 Å². The lowest BCUT2D eigenvalue weighted by Crippen LogP contribution is -2.12. The molecule has 25 heavy (non-hydrogen) atoms. The molecule has 1 amide bonds. The Bertz CT molecular complexity index is 853. The minimum absolute atomic E-state index is 0.0970. The fourth-order valence-electron chi connectivity index (χ4n) is 2.07. The number of nitriles is 1. The van der Waals surface area contributed by atoms with Crippen molar-refractivity contribution in [2.75, 3.05) is 11.9 Å². The highest BCUT2D eigenvalue weighted by Crippen LogP contribution is 2.43. The van der Waals surface area contributed by atoms with Crippen LogP contribution in [-0.2, 0) is 4.79 Å². The van der Waals surface area contributed by atoms with Gasteiger partial charge in [-0.2, -0.15) is 5.26 Å². The lowest BCUT2D eigenvalue weighted by molar-refractivity contribution is -0.115. The Labute approximate surface area is 152 Å². The van der Waals surface area contributed by atoms with Crippen LogP contribution < -0.4 is 10.1 Å².